The van der Waals surface area contributed by atoms with Crippen molar-refractivity contribution < 1.29 is 9.59 Å². The molecule has 0 aliphatic heterocycles. The first-order valence-electron chi connectivity index (χ1n) is 7.05. The van der Waals surface area contributed by atoms with Gasteiger partial charge in [0.1, 0.15) is 0 Å². The summed E-state index contributed by atoms with van der Waals surface area (Å²) in [7, 11) is 0. The minimum absolute atomic E-state index is 0.0228. The second kappa shape index (κ2) is 9.37. The molecule has 0 saturated carbocycles. The van der Waals surface area contributed by atoms with Crippen LogP contribution in [-0.4, -0.2) is 24.4 Å². The number of amides is 2. The predicted molar refractivity (Wildman–Crippen MR) is 85.2 cm³/mol. The normalized spacial score (nSPS) is 11.8. The number of carbonyl (C=O) groups is 2. The van der Waals surface area contributed by atoms with Crippen molar-refractivity contribution in [2.75, 3.05) is 11.9 Å². The number of benzene rings is 1. The van der Waals surface area contributed by atoms with E-state index in [4.69, 9.17) is 17.3 Å². The molecule has 116 valence electrons. The van der Waals surface area contributed by atoms with Gasteiger partial charge in [-0.3, -0.25) is 9.59 Å². The monoisotopic (exact) mass is 311 g/mol. The number of nitrogens with two attached hydrogens (primary N) is 1. The summed E-state index contributed by atoms with van der Waals surface area (Å²) in [4.78, 5) is 23.1. The first-order valence-corrected chi connectivity index (χ1v) is 7.43. The molecule has 0 aromatic heterocycles. The highest BCUT2D eigenvalue weighted by atomic mass is 35.5. The van der Waals surface area contributed by atoms with Gasteiger partial charge < -0.3 is 16.4 Å². The topological polar surface area (TPSA) is 84.2 Å². The van der Waals surface area contributed by atoms with Gasteiger partial charge in [-0.25, -0.2) is 0 Å². The van der Waals surface area contributed by atoms with E-state index in [1.165, 1.54) is 0 Å². The molecule has 1 aromatic rings. The van der Waals surface area contributed by atoms with E-state index in [1.807, 2.05) is 6.92 Å². The molecular weight excluding hydrogens is 290 g/mol. The fraction of sp³-hybridized carbons (Fsp3) is 0.467. The number of rotatable bonds is 8. The predicted octanol–water partition coefficient (Wildman–Crippen LogP) is 2.30. The quantitative estimate of drug-likeness (QED) is 0.644. The van der Waals surface area contributed by atoms with Crippen LogP contribution in [-0.2, 0) is 9.59 Å². The van der Waals surface area contributed by atoms with Crippen LogP contribution in [0.25, 0.3) is 0 Å². The summed E-state index contributed by atoms with van der Waals surface area (Å²) in [6.45, 7) is 2.36. The molecule has 0 saturated heterocycles. The fourth-order valence-electron chi connectivity index (χ4n) is 1.68. The maximum atomic E-state index is 11.7. The molecule has 1 rings (SSSR count). The maximum absolute atomic E-state index is 11.7. The van der Waals surface area contributed by atoms with Crippen LogP contribution < -0.4 is 16.4 Å². The van der Waals surface area contributed by atoms with Crippen LogP contribution in [0.1, 0.15) is 32.6 Å². The Kier molecular flexibility index (Phi) is 7.79. The van der Waals surface area contributed by atoms with Gasteiger partial charge in [0.2, 0.25) is 11.8 Å². The first kappa shape index (κ1) is 17.5. The molecular formula is C15H22ClN3O2. The first-order chi connectivity index (χ1) is 9.97. The number of hydrogen-bond acceptors (Lipinski definition) is 3. The highest BCUT2D eigenvalue weighted by molar-refractivity contribution is 6.30. The molecule has 21 heavy (non-hydrogen) atoms. The van der Waals surface area contributed by atoms with Gasteiger partial charge in [-0.2, -0.15) is 0 Å². The van der Waals surface area contributed by atoms with Crippen LogP contribution in [0.2, 0.25) is 5.02 Å². The highest BCUT2D eigenvalue weighted by Crippen LogP contribution is 2.13. The van der Waals surface area contributed by atoms with Gasteiger partial charge in [-0.15, -0.1) is 0 Å². The van der Waals surface area contributed by atoms with Crippen LogP contribution in [0.5, 0.6) is 0 Å². The van der Waals surface area contributed by atoms with Gasteiger partial charge in [-0.05, 0) is 44.0 Å². The Morgan fingerprint density at radius 3 is 2.48 bits per heavy atom. The fourth-order valence-corrected chi connectivity index (χ4v) is 1.81. The summed E-state index contributed by atoms with van der Waals surface area (Å²) in [5.41, 5.74) is 6.29. The molecule has 6 heteroatoms. The van der Waals surface area contributed by atoms with Gasteiger partial charge in [0, 0.05) is 36.1 Å². The lowest BCUT2D eigenvalue weighted by Crippen LogP contribution is -2.27. The van der Waals surface area contributed by atoms with E-state index in [2.05, 4.69) is 10.6 Å². The summed E-state index contributed by atoms with van der Waals surface area (Å²) in [6, 6.07) is 6.96. The van der Waals surface area contributed by atoms with Crippen LogP contribution >= 0.6 is 11.6 Å². The minimum atomic E-state index is -0.0813. The second-order valence-corrected chi connectivity index (χ2v) is 5.46. The number of halogens is 1. The van der Waals surface area contributed by atoms with E-state index >= 15 is 0 Å². The lowest BCUT2D eigenvalue weighted by molar-refractivity contribution is -0.121. The van der Waals surface area contributed by atoms with E-state index in [-0.39, 0.29) is 17.9 Å². The number of nitrogens with one attached hydrogen (secondary N) is 2. The van der Waals surface area contributed by atoms with Gasteiger partial charge in [0.25, 0.3) is 0 Å². The zero-order chi connectivity index (χ0) is 15.7. The van der Waals surface area contributed by atoms with Crippen LogP contribution in [0.15, 0.2) is 24.3 Å². The van der Waals surface area contributed by atoms with Crippen LogP contribution in [0, 0.1) is 0 Å². The molecule has 1 atom stereocenters. The van der Waals surface area contributed by atoms with E-state index in [0.29, 0.717) is 42.9 Å². The Balaban J connectivity index is 2.13. The second-order valence-electron chi connectivity index (χ2n) is 5.02. The average molecular weight is 312 g/mol. The minimum Gasteiger partial charge on any atom is -0.356 e. The third-order valence-electron chi connectivity index (χ3n) is 2.86. The summed E-state index contributed by atoms with van der Waals surface area (Å²) in [6.07, 6.45) is 2.05. The molecule has 0 bridgehead atoms. The molecule has 4 N–H and O–H groups in total. The van der Waals surface area contributed by atoms with Gasteiger partial charge in [0.05, 0.1) is 0 Å². The van der Waals surface area contributed by atoms with E-state index in [1.54, 1.807) is 24.3 Å². The van der Waals surface area contributed by atoms with Gasteiger partial charge in [0.15, 0.2) is 0 Å². The molecule has 2 amide bonds. The number of carbonyl (C=O) groups excluding carboxylic acids is 2. The molecule has 5 nitrogen and oxygen atoms in total. The zero-order valence-corrected chi connectivity index (χ0v) is 13.0. The van der Waals surface area contributed by atoms with Gasteiger partial charge >= 0.3 is 0 Å². The molecule has 0 fully saturated rings. The largest absolute Gasteiger partial charge is 0.356 e. The van der Waals surface area contributed by atoms with Crippen molar-refractivity contribution in [3.05, 3.63) is 29.3 Å². The Bertz CT molecular complexity index is 460. The van der Waals surface area contributed by atoms with Crippen molar-refractivity contribution in [2.24, 2.45) is 5.73 Å². The molecule has 0 radical (unpaired) electrons. The van der Waals surface area contributed by atoms with Crippen molar-refractivity contribution in [2.45, 2.75) is 38.6 Å². The molecule has 1 aromatic carbocycles. The van der Waals surface area contributed by atoms with E-state index in [9.17, 15) is 9.59 Å². The Morgan fingerprint density at radius 2 is 1.86 bits per heavy atom. The maximum Gasteiger partial charge on any atom is 0.224 e. The third-order valence-corrected chi connectivity index (χ3v) is 3.11. The number of anilines is 1. The van der Waals surface area contributed by atoms with Crippen molar-refractivity contribution in [1.29, 1.82) is 0 Å². The summed E-state index contributed by atoms with van der Waals surface area (Å²) < 4.78 is 0. The number of hydrogen-bond donors (Lipinski definition) is 3. The van der Waals surface area contributed by atoms with E-state index in [0.717, 1.165) is 0 Å². The highest BCUT2D eigenvalue weighted by Gasteiger charge is 2.05. The van der Waals surface area contributed by atoms with Crippen molar-refractivity contribution in [3.8, 4) is 0 Å². The summed E-state index contributed by atoms with van der Waals surface area (Å²) >= 11 is 5.76. The van der Waals surface area contributed by atoms with Crippen molar-refractivity contribution >= 4 is 29.1 Å². The lowest BCUT2D eigenvalue weighted by Gasteiger charge is -2.07. The average Bonchev–Trinajstić information content (AvgIpc) is 2.44. The van der Waals surface area contributed by atoms with Crippen molar-refractivity contribution in [3.63, 3.8) is 0 Å². The summed E-state index contributed by atoms with van der Waals surface area (Å²) in [5.74, 6) is -0.104. The molecule has 0 spiro atoms. The lowest BCUT2D eigenvalue weighted by atomic mass is 10.2. The molecule has 1 unspecified atom stereocenters. The Hall–Kier alpha value is -1.59. The Morgan fingerprint density at radius 1 is 1.19 bits per heavy atom. The third kappa shape index (κ3) is 8.32. The molecule has 0 aliphatic carbocycles. The zero-order valence-electron chi connectivity index (χ0n) is 12.2. The standard InChI is InChI=1S/C15H22ClN3O2/c1-11(17)4-9-14(20)18-10-2-3-15(21)19-13-7-5-12(16)6-8-13/h5-8,11H,2-4,9-10,17H2,1H3,(H,18,20)(H,19,21). The van der Waals surface area contributed by atoms with Crippen LogP contribution in [0.4, 0.5) is 5.69 Å². The van der Waals surface area contributed by atoms with Gasteiger partial charge in [-0.1, -0.05) is 11.6 Å². The smallest absolute Gasteiger partial charge is 0.224 e. The van der Waals surface area contributed by atoms with Crippen LogP contribution in [0.3, 0.4) is 0 Å². The molecule has 0 heterocycles. The van der Waals surface area contributed by atoms with Crippen molar-refractivity contribution in [1.82, 2.24) is 5.32 Å². The van der Waals surface area contributed by atoms with E-state index < -0.39 is 0 Å². The summed E-state index contributed by atoms with van der Waals surface area (Å²) in [5, 5.41) is 6.17. The molecule has 0 aliphatic rings. The SMILES string of the molecule is CC(N)CCC(=O)NCCCC(=O)Nc1ccc(Cl)cc1. The Labute approximate surface area is 130 Å².